The van der Waals surface area contributed by atoms with E-state index in [0.717, 1.165) is 11.8 Å². The molecule has 0 heteroatoms. The maximum Gasteiger partial charge on any atom is -0.0414 e. The van der Waals surface area contributed by atoms with Crippen LogP contribution in [-0.4, -0.2) is 0 Å². The Morgan fingerprint density at radius 3 is 2.22 bits per heavy atom. The van der Waals surface area contributed by atoms with E-state index in [1.54, 1.807) is 0 Å². The normalized spacial score (nSPS) is 34.0. The number of hydrogen-bond donors (Lipinski definition) is 0. The topological polar surface area (TPSA) is 0 Å². The third-order valence-electron chi connectivity index (χ3n) is 2.38. The molecule has 1 aliphatic carbocycles. The van der Waals surface area contributed by atoms with Crippen molar-refractivity contribution in [1.29, 1.82) is 0 Å². The average molecular weight is 128 g/mol. The molecule has 1 saturated carbocycles. The lowest BCUT2D eigenvalue weighted by atomic mass is 10.0. The van der Waals surface area contributed by atoms with Gasteiger partial charge in [0.15, 0.2) is 0 Å². The van der Waals surface area contributed by atoms with E-state index >= 15 is 0 Å². The minimum atomic E-state index is 0. The van der Waals surface area contributed by atoms with E-state index in [-0.39, 0.29) is 7.43 Å². The van der Waals surface area contributed by atoms with Crippen molar-refractivity contribution in [2.75, 3.05) is 0 Å². The van der Waals surface area contributed by atoms with Crippen molar-refractivity contribution < 1.29 is 0 Å². The van der Waals surface area contributed by atoms with Crippen molar-refractivity contribution in [3.05, 3.63) is 0 Å². The summed E-state index contributed by atoms with van der Waals surface area (Å²) in [6.07, 6.45) is 5.89. The van der Waals surface area contributed by atoms with E-state index in [1.165, 1.54) is 25.7 Å². The van der Waals surface area contributed by atoms with Crippen molar-refractivity contribution in [2.24, 2.45) is 11.8 Å². The Labute approximate surface area is 59.7 Å². The third-order valence-corrected chi connectivity index (χ3v) is 2.38. The molecule has 1 fully saturated rings. The molecule has 0 heterocycles. The molecule has 0 N–H and O–H groups in total. The minimum absolute atomic E-state index is 0. The van der Waals surface area contributed by atoms with Gasteiger partial charge in [-0.15, -0.1) is 0 Å². The lowest BCUT2D eigenvalue weighted by Gasteiger charge is -2.02. The largest absolute Gasteiger partial charge is 0.0776 e. The van der Waals surface area contributed by atoms with Gasteiger partial charge in [0.05, 0.1) is 0 Å². The molecule has 0 aromatic rings. The van der Waals surface area contributed by atoms with Crippen LogP contribution in [0.4, 0.5) is 0 Å². The summed E-state index contributed by atoms with van der Waals surface area (Å²) in [7, 11) is 0. The van der Waals surface area contributed by atoms with Gasteiger partial charge in [-0.1, -0.05) is 40.5 Å². The molecule has 0 unspecified atom stereocenters. The van der Waals surface area contributed by atoms with Gasteiger partial charge in [-0.2, -0.15) is 0 Å². The predicted octanol–water partition coefficient (Wildman–Crippen LogP) is 3.47. The molecular formula is C9H20. The molecule has 0 aliphatic heterocycles. The summed E-state index contributed by atoms with van der Waals surface area (Å²) < 4.78 is 0. The van der Waals surface area contributed by atoms with E-state index < -0.39 is 0 Å². The standard InChI is InChI=1S/C8H16.CH4/c1-3-8-5-4-7(2)6-8;/h7-8H,3-6H2,1-2H3;1H4/t7-,8-;/m0./s1. The molecule has 9 heavy (non-hydrogen) atoms. The third kappa shape index (κ3) is 2.38. The van der Waals surface area contributed by atoms with Crippen LogP contribution in [-0.2, 0) is 0 Å². The van der Waals surface area contributed by atoms with Crippen LogP contribution in [0.3, 0.4) is 0 Å². The zero-order valence-corrected chi connectivity index (χ0v) is 5.98. The van der Waals surface area contributed by atoms with Gasteiger partial charge in [-0.3, -0.25) is 0 Å². The first kappa shape index (κ1) is 9.00. The minimum Gasteiger partial charge on any atom is -0.0776 e. The first-order chi connectivity index (χ1) is 3.83. The van der Waals surface area contributed by atoms with Crippen LogP contribution >= 0.6 is 0 Å². The fraction of sp³-hybridized carbons (Fsp3) is 1.00. The van der Waals surface area contributed by atoms with Crippen molar-refractivity contribution in [2.45, 2.75) is 47.0 Å². The fourth-order valence-corrected chi connectivity index (χ4v) is 1.70. The Hall–Kier alpha value is 0. The summed E-state index contributed by atoms with van der Waals surface area (Å²) in [4.78, 5) is 0. The van der Waals surface area contributed by atoms with Gasteiger partial charge in [-0.25, -0.2) is 0 Å². The van der Waals surface area contributed by atoms with E-state index in [4.69, 9.17) is 0 Å². The zero-order valence-electron chi connectivity index (χ0n) is 5.98. The van der Waals surface area contributed by atoms with E-state index in [0.29, 0.717) is 0 Å². The van der Waals surface area contributed by atoms with Gasteiger partial charge >= 0.3 is 0 Å². The summed E-state index contributed by atoms with van der Waals surface area (Å²) in [5.41, 5.74) is 0. The molecule has 0 bridgehead atoms. The van der Waals surface area contributed by atoms with E-state index in [1.807, 2.05) is 0 Å². The smallest absolute Gasteiger partial charge is 0.0414 e. The van der Waals surface area contributed by atoms with Crippen LogP contribution in [0.1, 0.15) is 47.0 Å². The van der Waals surface area contributed by atoms with Crippen LogP contribution in [0, 0.1) is 11.8 Å². The Morgan fingerprint density at radius 2 is 2.00 bits per heavy atom. The lowest BCUT2D eigenvalue weighted by molar-refractivity contribution is 0.501. The molecular weight excluding hydrogens is 108 g/mol. The first-order valence-electron chi connectivity index (χ1n) is 3.83. The Balaban J connectivity index is 0.000000640. The molecule has 0 spiro atoms. The molecule has 2 atom stereocenters. The second-order valence-electron chi connectivity index (χ2n) is 3.19. The van der Waals surface area contributed by atoms with Crippen LogP contribution in [0.5, 0.6) is 0 Å². The van der Waals surface area contributed by atoms with Crippen molar-refractivity contribution in [3.63, 3.8) is 0 Å². The van der Waals surface area contributed by atoms with Crippen LogP contribution in [0.2, 0.25) is 0 Å². The molecule has 0 aromatic heterocycles. The highest BCUT2D eigenvalue weighted by atomic mass is 14.2. The lowest BCUT2D eigenvalue weighted by Crippen LogP contribution is -1.89. The van der Waals surface area contributed by atoms with E-state index in [9.17, 15) is 0 Å². The van der Waals surface area contributed by atoms with Gasteiger partial charge in [0.1, 0.15) is 0 Å². The SMILES string of the molecule is C.CC[C@H]1CC[C@H](C)C1. The van der Waals surface area contributed by atoms with Gasteiger partial charge in [0, 0.05) is 0 Å². The Morgan fingerprint density at radius 1 is 1.33 bits per heavy atom. The Bertz CT molecular complexity index is 66.4. The summed E-state index contributed by atoms with van der Waals surface area (Å²) in [6.45, 7) is 4.68. The average Bonchev–Trinajstić information content (AvgIpc) is 2.14. The van der Waals surface area contributed by atoms with Crippen molar-refractivity contribution >= 4 is 0 Å². The van der Waals surface area contributed by atoms with Crippen LogP contribution < -0.4 is 0 Å². The highest BCUT2D eigenvalue weighted by Gasteiger charge is 2.18. The second kappa shape index (κ2) is 3.92. The molecule has 0 saturated heterocycles. The Kier molecular flexibility index (Phi) is 3.92. The number of hydrogen-bond acceptors (Lipinski definition) is 0. The second-order valence-corrected chi connectivity index (χ2v) is 3.19. The molecule has 0 radical (unpaired) electrons. The molecule has 1 rings (SSSR count). The molecule has 0 nitrogen and oxygen atoms in total. The summed E-state index contributed by atoms with van der Waals surface area (Å²) in [5.74, 6) is 2.10. The zero-order chi connectivity index (χ0) is 5.98. The van der Waals surface area contributed by atoms with Crippen LogP contribution in [0.15, 0.2) is 0 Å². The highest BCUT2D eigenvalue weighted by Crippen LogP contribution is 2.31. The van der Waals surface area contributed by atoms with Crippen molar-refractivity contribution in [1.82, 2.24) is 0 Å². The van der Waals surface area contributed by atoms with Gasteiger partial charge in [0.25, 0.3) is 0 Å². The molecule has 56 valence electrons. The first-order valence-corrected chi connectivity index (χ1v) is 3.83. The molecule has 0 amide bonds. The van der Waals surface area contributed by atoms with E-state index in [2.05, 4.69) is 13.8 Å². The molecule has 1 aliphatic rings. The predicted molar refractivity (Wildman–Crippen MR) is 43.5 cm³/mol. The summed E-state index contributed by atoms with van der Waals surface area (Å²) >= 11 is 0. The quantitative estimate of drug-likeness (QED) is 0.507. The van der Waals surface area contributed by atoms with Gasteiger partial charge in [-0.05, 0) is 18.3 Å². The highest BCUT2D eigenvalue weighted by molar-refractivity contribution is 4.70. The number of rotatable bonds is 1. The van der Waals surface area contributed by atoms with Gasteiger partial charge < -0.3 is 0 Å². The fourth-order valence-electron chi connectivity index (χ4n) is 1.70. The summed E-state index contributed by atoms with van der Waals surface area (Å²) in [6, 6.07) is 0. The van der Waals surface area contributed by atoms with Gasteiger partial charge in [0.2, 0.25) is 0 Å². The molecule has 0 aromatic carbocycles. The van der Waals surface area contributed by atoms with Crippen LogP contribution in [0.25, 0.3) is 0 Å². The maximum absolute atomic E-state index is 2.37. The summed E-state index contributed by atoms with van der Waals surface area (Å²) in [5, 5.41) is 0. The monoisotopic (exact) mass is 128 g/mol. The van der Waals surface area contributed by atoms with Crippen molar-refractivity contribution in [3.8, 4) is 0 Å². The maximum atomic E-state index is 2.37.